The van der Waals surface area contributed by atoms with Crippen LogP contribution < -0.4 is 5.32 Å². The van der Waals surface area contributed by atoms with Crippen LogP contribution >= 0.6 is 12.4 Å². The van der Waals surface area contributed by atoms with Gasteiger partial charge in [0, 0.05) is 44.5 Å². The van der Waals surface area contributed by atoms with Gasteiger partial charge in [-0.05, 0) is 31.7 Å². The second kappa shape index (κ2) is 6.22. The van der Waals surface area contributed by atoms with Crippen molar-refractivity contribution in [2.24, 2.45) is 18.9 Å². The number of aromatic nitrogens is 4. The number of nitrogens with one attached hydrogen (secondary N) is 2. The summed E-state index contributed by atoms with van der Waals surface area (Å²) in [6.07, 6.45) is 0. The number of rotatable bonds is 2. The van der Waals surface area contributed by atoms with Gasteiger partial charge in [-0.25, -0.2) is 0 Å². The highest BCUT2D eigenvalue weighted by Crippen LogP contribution is 2.29. The van der Waals surface area contributed by atoms with Crippen LogP contribution in [-0.4, -0.2) is 57.0 Å². The minimum absolute atomic E-state index is 0. The van der Waals surface area contributed by atoms with Crippen molar-refractivity contribution < 1.29 is 4.79 Å². The van der Waals surface area contributed by atoms with E-state index >= 15 is 0 Å². The van der Waals surface area contributed by atoms with Crippen molar-refractivity contribution in [1.82, 2.24) is 30.2 Å². The first-order valence-electron chi connectivity index (χ1n) is 8.10. The third-order valence-electron chi connectivity index (χ3n) is 5.25. The average Bonchev–Trinajstić information content (AvgIpc) is 3.23. The summed E-state index contributed by atoms with van der Waals surface area (Å²) < 4.78 is 1.84. The fourth-order valence-electron chi connectivity index (χ4n) is 3.90. The molecular formula is C16H23ClN6O. The molecule has 4 rings (SSSR count). The largest absolute Gasteiger partial charge is 0.337 e. The van der Waals surface area contributed by atoms with Gasteiger partial charge in [0.05, 0.1) is 11.4 Å². The number of aromatic amines is 1. The topological polar surface area (TPSA) is 78.8 Å². The van der Waals surface area contributed by atoms with Crippen LogP contribution in [0.25, 0.3) is 11.3 Å². The van der Waals surface area contributed by atoms with Crippen LogP contribution in [0.3, 0.4) is 0 Å². The third kappa shape index (κ3) is 2.61. The van der Waals surface area contributed by atoms with E-state index < -0.39 is 0 Å². The van der Waals surface area contributed by atoms with Gasteiger partial charge in [-0.15, -0.1) is 12.4 Å². The lowest BCUT2D eigenvalue weighted by Crippen LogP contribution is -2.32. The monoisotopic (exact) mass is 350 g/mol. The lowest BCUT2D eigenvalue weighted by atomic mass is 10.0. The van der Waals surface area contributed by atoms with Gasteiger partial charge in [-0.1, -0.05) is 0 Å². The standard InChI is InChI=1S/C16H22N6O.ClH/c1-9-15(10(2)21(3)20-9)13-4-14(19-18-13)16(23)22-7-11-5-17-6-12(11)8-22;/h4,11-12,17H,5-8H2,1-3H3,(H,18,19);1H/t11-,12+;. The number of amides is 1. The third-order valence-corrected chi connectivity index (χ3v) is 5.25. The normalized spacial score (nSPS) is 22.5. The number of likely N-dealkylation sites (tertiary alicyclic amines) is 1. The molecule has 2 aromatic heterocycles. The SMILES string of the molecule is Cc1nn(C)c(C)c1-c1cc(C(=O)N2C[C@H]3CNC[C@H]3C2)[nH]n1.Cl. The number of hydrogen-bond acceptors (Lipinski definition) is 4. The van der Waals surface area contributed by atoms with Gasteiger partial charge >= 0.3 is 0 Å². The maximum absolute atomic E-state index is 12.7. The molecule has 0 aliphatic carbocycles. The molecule has 2 aliphatic heterocycles. The van der Waals surface area contributed by atoms with Crippen LogP contribution in [-0.2, 0) is 7.05 Å². The molecule has 7 nitrogen and oxygen atoms in total. The Hall–Kier alpha value is -1.86. The number of halogens is 1. The molecule has 0 aromatic carbocycles. The van der Waals surface area contributed by atoms with Crippen molar-refractivity contribution in [2.45, 2.75) is 13.8 Å². The molecule has 2 N–H and O–H groups in total. The molecule has 0 spiro atoms. The van der Waals surface area contributed by atoms with E-state index in [0.29, 0.717) is 17.5 Å². The van der Waals surface area contributed by atoms with Crippen molar-refractivity contribution in [3.8, 4) is 11.3 Å². The number of H-pyrrole nitrogens is 1. The van der Waals surface area contributed by atoms with Crippen molar-refractivity contribution in [3.63, 3.8) is 0 Å². The molecular weight excluding hydrogens is 328 g/mol. The summed E-state index contributed by atoms with van der Waals surface area (Å²) in [5.74, 6) is 1.26. The smallest absolute Gasteiger partial charge is 0.271 e. The zero-order chi connectivity index (χ0) is 16.1. The fraction of sp³-hybridized carbons (Fsp3) is 0.562. The van der Waals surface area contributed by atoms with E-state index in [1.165, 1.54) is 0 Å². The maximum Gasteiger partial charge on any atom is 0.271 e. The maximum atomic E-state index is 12.7. The summed E-state index contributed by atoms with van der Waals surface area (Å²) in [6.45, 7) is 7.71. The molecule has 2 fully saturated rings. The van der Waals surface area contributed by atoms with Gasteiger partial charge in [0.2, 0.25) is 0 Å². The molecule has 8 heteroatoms. The molecule has 24 heavy (non-hydrogen) atoms. The summed E-state index contributed by atoms with van der Waals surface area (Å²) in [7, 11) is 1.92. The van der Waals surface area contributed by atoms with E-state index in [2.05, 4.69) is 20.6 Å². The molecule has 0 saturated carbocycles. The second-order valence-electron chi connectivity index (χ2n) is 6.72. The molecule has 0 radical (unpaired) electrons. The van der Waals surface area contributed by atoms with E-state index in [-0.39, 0.29) is 18.3 Å². The highest BCUT2D eigenvalue weighted by atomic mass is 35.5. The Morgan fingerprint density at radius 1 is 1.25 bits per heavy atom. The zero-order valence-corrected chi connectivity index (χ0v) is 15.0. The van der Waals surface area contributed by atoms with Crippen LogP contribution in [0.2, 0.25) is 0 Å². The van der Waals surface area contributed by atoms with Crippen LogP contribution in [0.4, 0.5) is 0 Å². The van der Waals surface area contributed by atoms with E-state index in [4.69, 9.17) is 0 Å². The first kappa shape index (κ1) is 17.0. The van der Waals surface area contributed by atoms with Gasteiger partial charge in [0.25, 0.3) is 5.91 Å². The number of carbonyl (C=O) groups is 1. The van der Waals surface area contributed by atoms with Crippen molar-refractivity contribution in [3.05, 3.63) is 23.1 Å². The first-order chi connectivity index (χ1) is 11.0. The summed E-state index contributed by atoms with van der Waals surface area (Å²) in [5, 5.41) is 15.1. The zero-order valence-electron chi connectivity index (χ0n) is 14.2. The molecule has 1 amide bonds. The molecule has 0 bridgehead atoms. The van der Waals surface area contributed by atoms with E-state index in [0.717, 1.165) is 48.8 Å². The van der Waals surface area contributed by atoms with Crippen molar-refractivity contribution >= 4 is 18.3 Å². The van der Waals surface area contributed by atoms with Crippen LogP contribution in [0.1, 0.15) is 21.9 Å². The Morgan fingerprint density at radius 2 is 1.92 bits per heavy atom. The number of hydrogen-bond donors (Lipinski definition) is 2. The Morgan fingerprint density at radius 3 is 2.50 bits per heavy atom. The number of fused-ring (bicyclic) bond motifs is 1. The van der Waals surface area contributed by atoms with Gasteiger partial charge in [-0.2, -0.15) is 10.2 Å². The Kier molecular flexibility index (Phi) is 4.40. The van der Waals surface area contributed by atoms with Crippen LogP contribution in [0.15, 0.2) is 6.07 Å². The minimum Gasteiger partial charge on any atom is -0.337 e. The van der Waals surface area contributed by atoms with Crippen molar-refractivity contribution in [2.75, 3.05) is 26.2 Å². The molecule has 4 heterocycles. The second-order valence-corrected chi connectivity index (χ2v) is 6.72. The predicted molar refractivity (Wildman–Crippen MR) is 93.3 cm³/mol. The minimum atomic E-state index is 0. The lowest BCUT2D eigenvalue weighted by Gasteiger charge is -2.16. The highest BCUT2D eigenvalue weighted by Gasteiger charge is 2.38. The van der Waals surface area contributed by atoms with Gasteiger partial charge in [0.1, 0.15) is 5.69 Å². The molecule has 2 saturated heterocycles. The quantitative estimate of drug-likeness (QED) is 0.851. The van der Waals surface area contributed by atoms with E-state index in [1.807, 2.05) is 36.5 Å². The summed E-state index contributed by atoms with van der Waals surface area (Å²) in [4.78, 5) is 14.7. The Balaban J connectivity index is 0.00000169. The van der Waals surface area contributed by atoms with Gasteiger partial charge in [0.15, 0.2) is 0 Å². The fourth-order valence-corrected chi connectivity index (χ4v) is 3.90. The Bertz CT molecular complexity index is 755. The Labute approximate surface area is 147 Å². The molecule has 2 aromatic rings. The average molecular weight is 351 g/mol. The summed E-state index contributed by atoms with van der Waals surface area (Å²) in [5.41, 5.74) is 4.34. The molecule has 2 atom stereocenters. The van der Waals surface area contributed by atoms with Crippen LogP contribution in [0, 0.1) is 25.7 Å². The molecule has 2 aliphatic rings. The summed E-state index contributed by atoms with van der Waals surface area (Å²) >= 11 is 0. The van der Waals surface area contributed by atoms with E-state index in [1.54, 1.807) is 0 Å². The highest BCUT2D eigenvalue weighted by molar-refractivity contribution is 5.93. The van der Waals surface area contributed by atoms with E-state index in [9.17, 15) is 4.79 Å². The lowest BCUT2D eigenvalue weighted by molar-refractivity contribution is 0.0776. The first-order valence-corrected chi connectivity index (χ1v) is 8.10. The summed E-state index contributed by atoms with van der Waals surface area (Å²) in [6, 6.07) is 1.85. The van der Waals surface area contributed by atoms with Crippen molar-refractivity contribution in [1.29, 1.82) is 0 Å². The van der Waals surface area contributed by atoms with Gasteiger partial charge in [-0.3, -0.25) is 14.6 Å². The number of aryl methyl sites for hydroxylation is 2. The van der Waals surface area contributed by atoms with Crippen LogP contribution in [0.5, 0.6) is 0 Å². The number of nitrogens with zero attached hydrogens (tertiary/aromatic N) is 4. The molecule has 0 unspecified atom stereocenters. The molecule has 130 valence electrons. The predicted octanol–water partition coefficient (Wildman–Crippen LogP) is 1.14. The number of carbonyl (C=O) groups excluding carboxylic acids is 1. The van der Waals surface area contributed by atoms with Gasteiger partial charge < -0.3 is 10.2 Å².